The van der Waals surface area contributed by atoms with E-state index in [1.54, 1.807) is 19.1 Å². The summed E-state index contributed by atoms with van der Waals surface area (Å²) in [6.45, 7) is 4.33. The number of nitrogens with zero attached hydrogens (tertiary/aromatic N) is 2. The van der Waals surface area contributed by atoms with E-state index < -0.39 is 10.6 Å². The van der Waals surface area contributed by atoms with Gasteiger partial charge in [-0.1, -0.05) is 55.5 Å². The molecule has 0 bridgehead atoms. The molecular formula is C23H29N2O3+. The van der Waals surface area contributed by atoms with Gasteiger partial charge >= 0.3 is 12.0 Å². The number of amides is 2. The van der Waals surface area contributed by atoms with Crippen molar-refractivity contribution in [1.82, 2.24) is 9.38 Å². The Morgan fingerprint density at radius 1 is 1.00 bits per heavy atom. The largest absolute Gasteiger partial charge is 0.526 e. The SMILES string of the molecule is CCC(=O)[N+](C(=O)O)(c1ccccc1)C1CCN(CCc2ccccc2)CC1. The predicted molar refractivity (Wildman–Crippen MR) is 111 cm³/mol. The average molecular weight is 381 g/mol. The maximum atomic E-state index is 12.9. The van der Waals surface area contributed by atoms with Gasteiger partial charge in [-0.05, 0) is 12.0 Å². The van der Waals surface area contributed by atoms with Gasteiger partial charge in [-0.2, -0.15) is 4.79 Å². The Labute approximate surface area is 166 Å². The zero-order valence-electron chi connectivity index (χ0n) is 16.5. The van der Waals surface area contributed by atoms with Gasteiger partial charge < -0.3 is 10.0 Å². The van der Waals surface area contributed by atoms with Crippen LogP contribution < -0.4 is 4.48 Å². The monoisotopic (exact) mass is 381 g/mol. The lowest BCUT2D eigenvalue weighted by Gasteiger charge is -2.41. The first kappa shape index (κ1) is 20.2. The van der Waals surface area contributed by atoms with Crippen molar-refractivity contribution in [3.63, 3.8) is 0 Å². The highest BCUT2D eigenvalue weighted by molar-refractivity contribution is 6.05. The van der Waals surface area contributed by atoms with Crippen molar-refractivity contribution in [2.75, 3.05) is 19.6 Å². The van der Waals surface area contributed by atoms with Crippen molar-refractivity contribution in [1.29, 1.82) is 0 Å². The van der Waals surface area contributed by atoms with E-state index in [2.05, 4.69) is 29.2 Å². The van der Waals surface area contributed by atoms with Crippen LogP contribution in [0.1, 0.15) is 31.7 Å². The van der Waals surface area contributed by atoms with E-state index >= 15 is 0 Å². The van der Waals surface area contributed by atoms with E-state index in [1.165, 1.54) is 5.56 Å². The van der Waals surface area contributed by atoms with Crippen molar-refractivity contribution < 1.29 is 14.7 Å². The molecule has 1 aliphatic heterocycles. The van der Waals surface area contributed by atoms with Crippen molar-refractivity contribution in [2.45, 2.75) is 38.6 Å². The first-order valence-electron chi connectivity index (χ1n) is 10.1. The van der Waals surface area contributed by atoms with E-state index in [-0.39, 0.29) is 18.4 Å². The fourth-order valence-electron chi connectivity index (χ4n) is 4.31. The molecule has 1 aliphatic rings. The molecule has 5 heteroatoms. The highest BCUT2D eigenvalue weighted by Gasteiger charge is 2.53. The number of likely N-dealkylation sites (tertiary alicyclic amines) is 1. The van der Waals surface area contributed by atoms with Crippen LogP contribution in [0.2, 0.25) is 0 Å². The topological polar surface area (TPSA) is 57.6 Å². The minimum absolute atomic E-state index is 0.204. The Morgan fingerprint density at radius 2 is 1.57 bits per heavy atom. The summed E-state index contributed by atoms with van der Waals surface area (Å²) in [4.78, 5) is 27.8. The van der Waals surface area contributed by atoms with Crippen LogP contribution in [0, 0.1) is 0 Å². The van der Waals surface area contributed by atoms with Gasteiger partial charge in [-0.15, -0.1) is 4.48 Å². The van der Waals surface area contributed by atoms with E-state index in [4.69, 9.17) is 0 Å². The normalized spacial score (nSPS) is 17.8. The lowest BCUT2D eigenvalue weighted by Crippen LogP contribution is -2.66. The number of para-hydroxylation sites is 1. The van der Waals surface area contributed by atoms with Crippen LogP contribution in [0.5, 0.6) is 0 Å². The summed E-state index contributed by atoms with van der Waals surface area (Å²) in [5, 5.41) is 10.2. The number of carbonyl (C=O) groups is 2. The van der Waals surface area contributed by atoms with Gasteiger partial charge in [0.2, 0.25) is 0 Å². The summed E-state index contributed by atoms with van der Waals surface area (Å²) in [6.07, 6.45) is 1.51. The maximum absolute atomic E-state index is 12.9. The second kappa shape index (κ2) is 9.13. The zero-order chi connectivity index (χ0) is 20.0. The van der Waals surface area contributed by atoms with E-state index in [0.717, 1.165) is 26.1 Å². The smallest absolute Gasteiger partial charge is 0.435 e. The molecule has 0 saturated carbocycles. The molecule has 5 nitrogen and oxygen atoms in total. The molecule has 0 aromatic heterocycles. The van der Waals surface area contributed by atoms with Crippen LogP contribution in [0.25, 0.3) is 0 Å². The Bertz CT molecular complexity index is 786. The fraction of sp³-hybridized carbons (Fsp3) is 0.391. The van der Waals surface area contributed by atoms with Gasteiger partial charge in [0, 0.05) is 44.6 Å². The van der Waals surface area contributed by atoms with Crippen LogP contribution in [0.4, 0.5) is 10.5 Å². The van der Waals surface area contributed by atoms with E-state index in [9.17, 15) is 14.7 Å². The van der Waals surface area contributed by atoms with Gasteiger partial charge in [0.1, 0.15) is 6.04 Å². The molecule has 0 aliphatic carbocycles. The number of quaternary nitrogens is 1. The average Bonchev–Trinajstić information content (AvgIpc) is 2.74. The molecule has 1 N–H and O–H groups in total. The van der Waals surface area contributed by atoms with Crippen LogP contribution in [-0.4, -0.2) is 47.7 Å². The third kappa shape index (κ3) is 4.01. The van der Waals surface area contributed by atoms with Gasteiger partial charge in [0.05, 0.1) is 6.42 Å². The number of rotatable bonds is 6. The molecule has 2 amide bonds. The molecule has 2 aromatic rings. The van der Waals surface area contributed by atoms with E-state index in [1.807, 2.05) is 24.3 Å². The van der Waals surface area contributed by atoms with Gasteiger partial charge in [0.25, 0.3) is 0 Å². The number of hydrogen-bond acceptors (Lipinski definition) is 3. The van der Waals surface area contributed by atoms with E-state index in [0.29, 0.717) is 18.5 Å². The molecule has 1 atom stereocenters. The third-order valence-electron chi connectivity index (χ3n) is 5.83. The van der Waals surface area contributed by atoms with Crippen molar-refractivity contribution in [2.24, 2.45) is 0 Å². The molecule has 28 heavy (non-hydrogen) atoms. The van der Waals surface area contributed by atoms with Crippen LogP contribution in [-0.2, 0) is 11.2 Å². The minimum Gasteiger partial charge on any atom is -0.435 e. The lowest BCUT2D eigenvalue weighted by molar-refractivity contribution is -0.130. The van der Waals surface area contributed by atoms with Crippen molar-refractivity contribution in [3.8, 4) is 0 Å². The summed E-state index contributed by atoms with van der Waals surface area (Å²) in [5.74, 6) is -0.249. The third-order valence-corrected chi connectivity index (χ3v) is 5.83. The predicted octanol–water partition coefficient (Wildman–Crippen LogP) is 4.32. The number of carboxylic acid groups (broad SMARTS) is 1. The summed E-state index contributed by atoms with van der Waals surface area (Å²) >= 11 is 0. The maximum Gasteiger partial charge on any atom is 0.526 e. The lowest BCUT2D eigenvalue weighted by atomic mass is 9.97. The van der Waals surface area contributed by atoms with Crippen LogP contribution in [0.15, 0.2) is 60.7 Å². The van der Waals surface area contributed by atoms with Gasteiger partial charge in [-0.3, -0.25) is 0 Å². The van der Waals surface area contributed by atoms with Gasteiger partial charge in [-0.25, -0.2) is 4.79 Å². The Balaban J connectivity index is 1.74. The molecule has 1 saturated heterocycles. The molecule has 2 aromatic carbocycles. The molecular weight excluding hydrogens is 352 g/mol. The molecule has 1 fully saturated rings. The zero-order valence-corrected chi connectivity index (χ0v) is 16.5. The highest BCUT2D eigenvalue weighted by atomic mass is 16.4. The van der Waals surface area contributed by atoms with Gasteiger partial charge in [0.15, 0.2) is 5.69 Å². The molecule has 148 valence electrons. The fourth-order valence-corrected chi connectivity index (χ4v) is 4.31. The van der Waals surface area contributed by atoms with Crippen LogP contribution in [0.3, 0.4) is 0 Å². The van der Waals surface area contributed by atoms with Crippen LogP contribution >= 0.6 is 0 Å². The Kier molecular flexibility index (Phi) is 6.60. The van der Waals surface area contributed by atoms with Crippen molar-refractivity contribution in [3.05, 3.63) is 66.2 Å². The molecule has 3 rings (SSSR count). The number of hydrogen-bond donors (Lipinski definition) is 1. The molecule has 1 unspecified atom stereocenters. The first-order valence-corrected chi connectivity index (χ1v) is 10.1. The molecule has 0 spiro atoms. The Hall–Kier alpha value is -2.50. The number of imide groups is 1. The quantitative estimate of drug-likeness (QED) is 0.758. The summed E-state index contributed by atoms with van der Waals surface area (Å²) in [6, 6.07) is 19.2. The number of benzene rings is 2. The summed E-state index contributed by atoms with van der Waals surface area (Å²) < 4.78 is -0.579. The highest BCUT2D eigenvalue weighted by Crippen LogP contribution is 2.33. The first-order chi connectivity index (χ1) is 13.6. The summed E-state index contributed by atoms with van der Waals surface area (Å²) in [7, 11) is 0. The summed E-state index contributed by atoms with van der Waals surface area (Å²) in [5.41, 5.74) is 1.87. The minimum atomic E-state index is -1.07. The molecule has 1 heterocycles. The number of carbonyl (C=O) groups excluding carboxylic acids is 1. The molecule has 0 radical (unpaired) electrons. The number of piperidine rings is 1. The Morgan fingerprint density at radius 3 is 2.11 bits per heavy atom. The van der Waals surface area contributed by atoms with Crippen molar-refractivity contribution >= 4 is 17.7 Å². The second-order valence-corrected chi connectivity index (χ2v) is 7.40. The second-order valence-electron chi connectivity index (χ2n) is 7.40. The standard InChI is InChI=1S/C23H28N2O3/c1-2-22(26)25(23(27)28,20-11-7-4-8-12-20)21-14-17-24(18-15-21)16-13-19-9-5-3-6-10-19/h3-12,21H,2,13-18H2,1H3/p+1.